The number of amides is 1. The lowest BCUT2D eigenvalue weighted by Gasteiger charge is -2.21. The van der Waals surface area contributed by atoms with Crippen LogP contribution in [0.1, 0.15) is 23.0 Å². The van der Waals surface area contributed by atoms with Crippen molar-refractivity contribution in [2.24, 2.45) is 7.05 Å². The molecule has 0 N–H and O–H groups in total. The van der Waals surface area contributed by atoms with E-state index in [1.54, 1.807) is 6.20 Å². The van der Waals surface area contributed by atoms with Crippen molar-refractivity contribution >= 4 is 5.91 Å². The van der Waals surface area contributed by atoms with Crippen molar-refractivity contribution in [2.75, 3.05) is 13.1 Å². The molecule has 0 atom stereocenters. The van der Waals surface area contributed by atoms with Crippen LogP contribution in [0.25, 0.3) is 0 Å². The molecule has 0 saturated heterocycles. The standard InChI is InChI=1S/C14H20N4O/c1-4-17(10-11-18-8-5-7-15-18)14(19)13-6-9-16(3)12(13)2/h5-9H,4,10-11H2,1-3H3. The third-order valence-electron chi connectivity index (χ3n) is 3.44. The molecule has 0 fully saturated rings. The highest BCUT2D eigenvalue weighted by Crippen LogP contribution is 2.11. The monoisotopic (exact) mass is 260 g/mol. The topological polar surface area (TPSA) is 43.1 Å². The molecule has 0 radical (unpaired) electrons. The third kappa shape index (κ3) is 2.86. The number of nitrogens with zero attached hydrogens (tertiary/aromatic N) is 4. The molecule has 102 valence electrons. The molecule has 0 saturated carbocycles. The largest absolute Gasteiger partial charge is 0.354 e. The fraction of sp³-hybridized carbons (Fsp3) is 0.429. The molecule has 2 rings (SSSR count). The molecule has 0 unspecified atom stereocenters. The smallest absolute Gasteiger partial charge is 0.255 e. The maximum atomic E-state index is 12.5. The Hall–Kier alpha value is -2.04. The molecule has 0 aliphatic rings. The van der Waals surface area contributed by atoms with Gasteiger partial charge in [-0.15, -0.1) is 0 Å². The fourth-order valence-corrected chi connectivity index (χ4v) is 2.06. The van der Waals surface area contributed by atoms with Crippen LogP contribution in [0.4, 0.5) is 0 Å². The van der Waals surface area contributed by atoms with Gasteiger partial charge in [-0.25, -0.2) is 0 Å². The number of rotatable bonds is 5. The summed E-state index contributed by atoms with van der Waals surface area (Å²) >= 11 is 0. The van der Waals surface area contributed by atoms with Crippen LogP contribution in [-0.2, 0) is 13.6 Å². The summed E-state index contributed by atoms with van der Waals surface area (Å²) in [5.74, 6) is 0.0905. The maximum Gasteiger partial charge on any atom is 0.255 e. The van der Waals surface area contributed by atoms with Crippen LogP contribution in [0.2, 0.25) is 0 Å². The highest BCUT2D eigenvalue weighted by atomic mass is 16.2. The Bertz CT molecular complexity index is 542. The molecule has 0 aromatic carbocycles. The lowest BCUT2D eigenvalue weighted by molar-refractivity contribution is 0.0756. The van der Waals surface area contributed by atoms with Gasteiger partial charge in [0, 0.05) is 44.4 Å². The van der Waals surface area contributed by atoms with Crippen LogP contribution in [0.15, 0.2) is 30.7 Å². The Balaban J connectivity index is 2.05. The SMILES string of the molecule is CCN(CCn1cccn1)C(=O)c1ccn(C)c1C. The Morgan fingerprint density at radius 2 is 2.21 bits per heavy atom. The first kappa shape index (κ1) is 13.4. The molecule has 0 aliphatic carbocycles. The summed E-state index contributed by atoms with van der Waals surface area (Å²) in [5.41, 5.74) is 1.78. The molecule has 1 amide bonds. The molecular weight excluding hydrogens is 240 g/mol. The van der Waals surface area contributed by atoms with E-state index in [2.05, 4.69) is 5.10 Å². The van der Waals surface area contributed by atoms with Crippen LogP contribution in [0, 0.1) is 6.92 Å². The van der Waals surface area contributed by atoms with Crippen molar-refractivity contribution in [3.05, 3.63) is 42.0 Å². The van der Waals surface area contributed by atoms with Crippen molar-refractivity contribution in [3.63, 3.8) is 0 Å². The number of hydrogen-bond donors (Lipinski definition) is 0. The Labute approximate surface area is 113 Å². The summed E-state index contributed by atoms with van der Waals surface area (Å²) in [4.78, 5) is 14.3. The maximum absolute atomic E-state index is 12.5. The third-order valence-corrected chi connectivity index (χ3v) is 3.44. The predicted octanol–water partition coefficient (Wildman–Crippen LogP) is 1.69. The van der Waals surface area contributed by atoms with Gasteiger partial charge >= 0.3 is 0 Å². The zero-order chi connectivity index (χ0) is 13.8. The summed E-state index contributed by atoms with van der Waals surface area (Å²) in [6, 6.07) is 3.77. The van der Waals surface area contributed by atoms with Gasteiger partial charge < -0.3 is 9.47 Å². The number of carbonyl (C=O) groups excluding carboxylic acids is 1. The van der Waals surface area contributed by atoms with Crippen LogP contribution < -0.4 is 0 Å². The lowest BCUT2D eigenvalue weighted by atomic mass is 10.2. The van der Waals surface area contributed by atoms with E-state index in [4.69, 9.17) is 0 Å². The van der Waals surface area contributed by atoms with E-state index in [-0.39, 0.29) is 5.91 Å². The lowest BCUT2D eigenvalue weighted by Crippen LogP contribution is -2.34. The molecule has 0 bridgehead atoms. The van der Waals surface area contributed by atoms with Gasteiger partial charge in [0.15, 0.2) is 0 Å². The van der Waals surface area contributed by atoms with E-state index in [1.807, 2.05) is 59.6 Å². The van der Waals surface area contributed by atoms with Crippen molar-refractivity contribution in [2.45, 2.75) is 20.4 Å². The molecule has 2 aromatic rings. The molecule has 5 heteroatoms. The van der Waals surface area contributed by atoms with Crippen LogP contribution in [0.3, 0.4) is 0 Å². The molecular formula is C14H20N4O. The molecule has 0 aliphatic heterocycles. The average Bonchev–Trinajstić information content (AvgIpc) is 3.02. The number of carbonyl (C=O) groups is 1. The highest BCUT2D eigenvalue weighted by Gasteiger charge is 2.17. The highest BCUT2D eigenvalue weighted by molar-refractivity contribution is 5.95. The minimum absolute atomic E-state index is 0.0905. The molecule has 5 nitrogen and oxygen atoms in total. The van der Waals surface area contributed by atoms with Crippen LogP contribution >= 0.6 is 0 Å². The van der Waals surface area contributed by atoms with E-state index >= 15 is 0 Å². The number of likely N-dealkylation sites (N-methyl/N-ethyl adjacent to an activating group) is 1. The average molecular weight is 260 g/mol. The van der Waals surface area contributed by atoms with Crippen molar-refractivity contribution in [1.82, 2.24) is 19.2 Å². The number of hydrogen-bond acceptors (Lipinski definition) is 2. The first-order chi connectivity index (χ1) is 9.13. The van der Waals surface area contributed by atoms with Gasteiger partial charge in [-0.3, -0.25) is 9.48 Å². The molecule has 2 heterocycles. The second-order valence-electron chi connectivity index (χ2n) is 4.58. The molecule has 0 spiro atoms. The minimum atomic E-state index is 0.0905. The Morgan fingerprint density at radius 1 is 1.42 bits per heavy atom. The van der Waals surface area contributed by atoms with Crippen LogP contribution in [0.5, 0.6) is 0 Å². The first-order valence-electron chi connectivity index (χ1n) is 6.52. The van der Waals surface area contributed by atoms with Crippen molar-refractivity contribution in [1.29, 1.82) is 0 Å². The van der Waals surface area contributed by atoms with Crippen molar-refractivity contribution in [3.8, 4) is 0 Å². The predicted molar refractivity (Wildman–Crippen MR) is 74.0 cm³/mol. The number of aromatic nitrogens is 3. The first-order valence-corrected chi connectivity index (χ1v) is 6.52. The van der Waals surface area contributed by atoms with E-state index in [0.29, 0.717) is 13.1 Å². The Morgan fingerprint density at radius 3 is 2.74 bits per heavy atom. The number of aryl methyl sites for hydroxylation is 1. The zero-order valence-electron chi connectivity index (χ0n) is 11.7. The van der Waals surface area contributed by atoms with Gasteiger partial charge in [0.25, 0.3) is 5.91 Å². The summed E-state index contributed by atoms with van der Waals surface area (Å²) < 4.78 is 3.81. The van der Waals surface area contributed by atoms with E-state index < -0.39 is 0 Å². The van der Waals surface area contributed by atoms with E-state index in [1.165, 1.54) is 0 Å². The Kier molecular flexibility index (Phi) is 4.04. The summed E-state index contributed by atoms with van der Waals surface area (Å²) in [7, 11) is 1.95. The van der Waals surface area contributed by atoms with Gasteiger partial charge in [0.1, 0.15) is 0 Å². The van der Waals surface area contributed by atoms with E-state index in [0.717, 1.165) is 17.8 Å². The second-order valence-corrected chi connectivity index (χ2v) is 4.58. The van der Waals surface area contributed by atoms with Gasteiger partial charge in [0.2, 0.25) is 0 Å². The van der Waals surface area contributed by atoms with E-state index in [9.17, 15) is 4.79 Å². The van der Waals surface area contributed by atoms with Gasteiger partial charge in [-0.1, -0.05) is 0 Å². The van der Waals surface area contributed by atoms with Gasteiger partial charge in [-0.05, 0) is 26.0 Å². The van der Waals surface area contributed by atoms with Crippen molar-refractivity contribution < 1.29 is 4.79 Å². The normalized spacial score (nSPS) is 10.7. The fourth-order valence-electron chi connectivity index (χ4n) is 2.06. The van der Waals surface area contributed by atoms with Gasteiger partial charge in [0.05, 0.1) is 12.1 Å². The summed E-state index contributed by atoms with van der Waals surface area (Å²) in [6.07, 6.45) is 5.58. The zero-order valence-corrected chi connectivity index (χ0v) is 11.7. The molecule has 19 heavy (non-hydrogen) atoms. The van der Waals surface area contributed by atoms with Crippen LogP contribution in [-0.4, -0.2) is 38.2 Å². The summed E-state index contributed by atoms with van der Waals surface area (Å²) in [6.45, 7) is 6.06. The quantitative estimate of drug-likeness (QED) is 0.821. The molecule has 2 aromatic heterocycles. The second kappa shape index (κ2) is 5.73. The minimum Gasteiger partial charge on any atom is -0.354 e. The summed E-state index contributed by atoms with van der Waals surface area (Å²) in [5, 5.41) is 4.15. The van der Waals surface area contributed by atoms with Gasteiger partial charge in [-0.2, -0.15) is 5.10 Å².